The number of amides is 1. The summed E-state index contributed by atoms with van der Waals surface area (Å²) in [5.41, 5.74) is 1.05. The summed E-state index contributed by atoms with van der Waals surface area (Å²) in [6.07, 6.45) is 2.23. The Morgan fingerprint density at radius 2 is 1.87 bits per heavy atom. The maximum Gasteiger partial charge on any atom is 0.323 e. The van der Waals surface area contributed by atoms with Crippen LogP contribution in [-0.4, -0.2) is 63.5 Å². The second-order valence-corrected chi connectivity index (χ2v) is 10.6. The van der Waals surface area contributed by atoms with E-state index in [0.717, 1.165) is 16.7 Å². The lowest BCUT2D eigenvalue weighted by molar-refractivity contribution is -0.140. The van der Waals surface area contributed by atoms with Crippen molar-refractivity contribution in [1.82, 2.24) is 9.47 Å². The largest absolute Gasteiger partial charge is 0.480 e. The second-order valence-electron chi connectivity index (χ2n) is 8.89. The number of para-hydroxylation sites is 1. The van der Waals surface area contributed by atoms with Crippen LogP contribution in [0.15, 0.2) is 34.0 Å². The van der Waals surface area contributed by atoms with Crippen LogP contribution in [0.2, 0.25) is 0 Å². The molecule has 1 aromatic carbocycles. The molecule has 0 aliphatic carbocycles. The van der Waals surface area contributed by atoms with Crippen LogP contribution in [0.5, 0.6) is 0 Å². The summed E-state index contributed by atoms with van der Waals surface area (Å²) in [6, 6.07) is 8.59. The Labute approximate surface area is 228 Å². The van der Waals surface area contributed by atoms with Gasteiger partial charge in [-0.1, -0.05) is 43.0 Å². The highest BCUT2D eigenvalue weighted by molar-refractivity contribution is 8.26. The fourth-order valence-corrected chi connectivity index (χ4v) is 5.92. The van der Waals surface area contributed by atoms with Crippen LogP contribution in [-0.2, 0) is 16.1 Å². The number of benzene rings is 1. The summed E-state index contributed by atoms with van der Waals surface area (Å²) in [6.45, 7) is 5.35. The van der Waals surface area contributed by atoms with Gasteiger partial charge < -0.3 is 14.9 Å². The zero-order valence-corrected chi connectivity index (χ0v) is 22.6. The fraction of sp³-hybridized carbons (Fsp3) is 0.346. The number of piperazine rings is 1. The van der Waals surface area contributed by atoms with E-state index in [-0.39, 0.29) is 20.6 Å². The number of hydrogen-bond acceptors (Lipinski definition) is 8. The first-order chi connectivity index (χ1) is 18.2. The van der Waals surface area contributed by atoms with Gasteiger partial charge in [-0.05, 0) is 37.1 Å². The van der Waals surface area contributed by atoms with Gasteiger partial charge in [0.05, 0.1) is 10.6 Å². The Morgan fingerprint density at radius 1 is 1.21 bits per heavy atom. The number of nitriles is 1. The first-order valence-corrected chi connectivity index (χ1v) is 13.3. The van der Waals surface area contributed by atoms with Gasteiger partial charge in [-0.15, -0.1) is 0 Å². The van der Waals surface area contributed by atoms with Crippen molar-refractivity contribution in [3.63, 3.8) is 0 Å². The highest BCUT2D eigenvalue weighted by atomic mass is 32.2. The molecule has 2 saturated heterocycles. The minimum Gasteiger partial charge on any atom is -0.480 e. The molecule has 2 fully saturated rings. The number of anilines is 2. The quantitative estimate of drug-likeness (QED) is 0.407. The number of carbonyl (C=O) groups excluding carboxylic acids is 1. The van der Waals surface area contributed by atoms with Crippen LogP contribution in [0.3, 0.4) is 0 Å². The van der Waals surface area contributed by atoms with Crippen molar-refractivity contribution in [2.45, 2.75) is 26.8 Å². The number of thiocarbonyl (C=S) groups is 1. The van der Waals surface area contributed by atoms with E-state index in [1.165, 1.54) is 6.07 Å². The molecule has 2 aromatic rings. The molecule has 0 saturated carbocycles. The van der Waals surface area contributed by atoms with Crippen molar-refractivity contribution < 1.29 is 19.1 Å². The molecule has 0 atom stereocenters. The third-order valence-corrected chi connectivity index (χ3v) is 7.89. The summed E-state index contributed by atoms with van der Waals surface area (Å²) < 4.78 is 16.1. The van der Waals surface area contributed by atoms with E-state index in [9.17, 15) is 24.0 Å². The highest BCUT2D eigenvalue weighted by Crippen LogP contribution is 2.36. The van der Waals surface area contributed by atoms with E-state index in [0.29, 0.717) is 61.8 Å². The third kappa shape index (κ3) is 5.16. The second kappa shape index (κ2) is 11.4. The van der Waals surface area contributed by atoms with Crippen molar-refractivity contribution in [3.8, 4) is 6.07 Å². The topological polar surface area (TPSA) is 110 Å². The molecule has 2 aliphatic rings. The number of aromatic nitrogens is 1. The van der Waals surface area contributed by atoms with Gasteiger partial charge in [0.1, 0.15) is 34.1 Å². The van der Waals surface area contributed by atoms with Crippen molar-refractivity contribution in [3.05, 3.63) is 62.0 Å². The Hall–Kier alpha value is -3.69. The highest BCUT2D eigenvalue weighted by Gasteiger charge is 2.35. The van der Waals surface area contributed by atoms with Crippen molar-refractivity contribution >= 4 is 57.8 Å². The number of carboxylic acids is 1. The predicted octanol–water partition coefficient (Wildman–Crippen LogP) is 3.19. The lowest BCUT2D eigenvalue weighted by atomic mass is 10.0. The first kappa shape index (κ1) is 27.3. The Balaban J connectivity index is 1.79. The minimum absolute atomic E-state index is 0.0144. The molecule has 0 unspecified atom stereocenters. The lowest BCUT2D eigenvalue weighted by Gasteiger charge is -2.39. The molecular weight excluding hydrogens is 529 g/mol. The summed E-state index contributed by atoms with van der Waals surface area (Å²) in [4.78, 5) is 42.8. The molecule has 38 heavy (non-hydrogen) atoms. The van der Waals surface area contributed by atoms with Crippen LogP contribution in [0.1, 0.15) is 30.0 Å². The molecule has 198 valence electrons. The van der Waals surface area contributed by atoms with Gasteiger partial charge >= 0.3 is 5.97 Å². The van der Waals surface area contributed by atoms with E-state index in [2.05, 4.69) is 0 Å². The van der Waals surface area contributed by atoms with Crippen LogP contribution in [0, 0.1) is 24.1 Å². The van der Waals surface area contributed by atoms with Crippen LogP contribution in [0.25, 0.3) is 6.08 Å². The number of nitrogens with zero attached hydrogens (tertiary/aromatic N) is 5. The third-order valence-electron chi connectivity index (χ3n) is 6.51. The Kier molecular flexibility index (Phi) is 8.18. The Bertz CT molecular complexity index is 1440. The molecule has 4 rings (SSSR count). The lowest BCUT2D eigenvalue weighted by Crippen LogP contribution is -2.49. The average molecular weight is 556 g/mol. The predicted molar refractivity (Wildman–Crippen MR) is 149 cm³/mol. The van der Waals surface area contributed by atoms with Crippen LogP contribution >= 0.6 is 24.0 Å². The van der Waals surface area contributed by atoms with E-state index in [4.69, 9.17) is 17.3 Å². The molecular formula is C26H26FN5O4S2. The van der Waals surface area contributed by atoms with E-state index < -0.39 is 24.0 Å². The van der Waals surface area contributed by atoms with Crippen molar-refractivity contribution in [2.75, 3.05) is 42.5 Å². The smallest absolute Gasteiger partial charge is 0.323 e. The average Bonchev–Trinajstić information content (AvgIpc) is 3.15. The molecule has 0 bridgehead atoms. The number of rotatable bonds is 7. The molecule has 2 aliphatic heterocycles. The molecule has 3 heterocycles. The number of halogens is 1. The molecule has 0 spiro atoms. The number of carbonyl (C=O) groups is 2. The van der Waals surface area contributed by atoms with Gasteiger partial charge in [-0.3, -0.25) is 23.9 Å². The molecule has 1 amide bonds. The summed E-state index contributed by atoms with van der Waals surface area (Å²) in [5, 5.41) is 19.0. The molecule has 9 nitrogen and oxygen atoms in total. The molecule has 0 radical (unpaired) electrons. The minimum atomic E-state index is -1.18. The monoisotopic (exact) mass is 555 g/mol. The van der Waals surface area contributed by atoms with E-state index in [1.807, 2.05) is 22.8 Å². The number of carboxylic acid groups (broad SMARTS) is 1. The summed E-state index contributed by atoms with van der Waals surface area (Å²) >= 11 is 6.22. The molecule has 1 N–H and O–H groups in total. The van der Waals surface area contributed by atoms with Crippen molar-refractivity contribution in [2.24, 2.45) is 0 Å². The van der Waals surface area contributed by atoms with Crippen LogP contribution < -0.4 is 15.4 Å². The van der Waals surface area contributed by atoms with E-state index >= 15 is 0 Å². The number of thioether (sulfide) groups is 1. The first-order valence-electron chi connectivity index (χ1n) is 12.1. The Morgan fingerprint density at radius 3 is 2.47 bits per heavy atom. The fourth-order valence-electron chi connectivity index (χ4n) is 4.69. The van der Waals surface area contributed by atoms with E-state index in [1.54, 1.807) is 35.8 Å². The van der Waals surface area contributed by atoms with Crippen LogP contribution in [0.4, 0.5) is 15.9 Å². The number of pyridine rings is 1. The normalized spacial score (nSPS) is 16.9. The van der Waals surface area contributed by atoms with Gasteiger partial charge in [-0.25, -0.2) is 4.39 Å². The standard InChI is InChI=1S/C26H26FN5O4S2/c1-3-8-31-23(30-11-9-29(10-12-30)20-7-5-4-6-19(20)27)17(16(2)18(14-28)24(31)35)13-21-25(36)32(15-22(33)34)26(37)38-21/h4-7,13H,3,8-12,15H2,1-2H3,(H,33,34)/b21-13+. The van der Waals surface area contributed by atoms with Crippen molar-refractivity contribution in [1.29, 1.82) is 5.26 Å². The van der Waals surface area contributed by atoms with Gasteiger partial charge in [0.15, 0.2) is 0 Å². The van der Waals surface area contributed by atoms with Gasteiger partial charge in [0, 0.05) is 38.3 Å². The maximum absolute atomic E-state index is 14.4. The number of hydrogen-bond donors (Lipinski definition) is 1. The molecule has 1 aromatic heterocycles. The zero-order chi connectivity index (χ0) is 27.6. The summed E-state index contributed by atoms with van der Waals surface area (Å²) in [7, 11) is 0. The zero-order valence-electron chi connectivity index (χ0n) is 20.9. The molecule has 12 heteroatoms. The maximum atomic E-state index is 14.4. The number of aliphatic carboxylic acids is 1. The van der Waals surface area contributed by atoms with Gasteiger partial charge in [-0.2, -0.15) is 5.26 Å². The van der Waals surface area contributed by atoms with Gasteiger partial charge in [0.25, 0.3) is 11.5 Å². The SMILES string of the molecule is CCCn1c(N2CCN(c3ccccc3F)CC2)c(/C=C2/SC(=S)N(CC(=O)O)C2=O)c(C)c(C#N)c1=O. The van der Waals surface area contributed by atoms with Gasteiger partial charge in [0.2, 0.25) is 0 Å². The summed E-state index contributed by atoms with van der Waals surface area (Å²) in [5.74, 6) is -1.45.